The lowest BCUT2D eigenvalue weighted by Crippen LogP contribution is -1.95. The molecule has 0 aliphatic rings. The molecule has 1 heterocycles. The Bertz CT molecular complexity index is 965. The zero-order valence-corrected chi connectivity index (χ0v) is 12.2. The van der Waals surface area contributed by atoms with Crippen molar-refractivity contribution in [1.29, 1.82) is 0 Å². The zero-order chi connectivity index (χ0) is 16.4. The van der Waals surface area contributed by atoms with E-state index in [0.717, 1.165) is 0 Å². The third-order valence-electron chi connectivity index (χ3n) is 3.34. The number of rotatable bonds is 4. The first-order valence-electron chi connectivity index (χ1n) is 6.80. The molecule has 0 saturated heterocycles. The van der Waals surface area contributed by atoms with Gasteiger partial charge in [-0.2, -0.15) is 0 Å². The minimum absolute atomic E-state index is 0.0230. The normalized spacial score (nSPS) is 11.2. The Balaban J connectivity index is 1.93. The molecule has 1 aromatic heterocycles. The average molecular weight is 311 g/mol. The van der Waals surface area contributed by atoms with Crippen molar-refractivity contribution in [3.63, 3.8) is 0 Å². The summed E-state index contributed by atoms with van der Waals surface area (Å²) in [6, 6.07) is 9.65. The molecule has 0 amide bonds. The number of oxazole rings is 1. The molecular formula is C17H13NO5. The topological polar surface area (TPSA) is 92.5 Å². The lowest BCUT2D eigenvalue weighted by Gasteiger charge is -2.03. The van der Waals surface area contributed by atoms with Gasteiger partial charge in [-0.3, -0.25) is 9.78 Å². The highest BCUT2D eigenvalue weighted by molar-refractivity contribution is 6.12. The summed E-state index contributed by atoms with van der Waals surface area (Å²) in [6.07, 6.45) is 2.96. The molecule has 0 aliphatic carbocycles. The molecular weight excluding hydrogens is 298 g/mol. The molecule has 3 rings (SSSR count). The van der Waals surface area contributed by atoms with E-state index in [4.69, 9.17) is 9.15 Å². The highest BCUT2D eigenvalue weighted by Gasteiger charge is 2.11. The zero-order valence-electron chi connectivity index (χ0n) is 12.2. The first-order valence-corrected chi connectivity index (χ1v) is 6.80. The molecule has 0 unspecified atom stereocenters. The Morgan fingerprint density at radius 1 is 1.30 bits per heavy atom. The third kappa shape index (κ3) is 2.87. The number of carbonyl (C=O) groups is 1. The first-order chi connectivity index (χ1) is 11.1. The molecule has 0 fully saturated rings. The highest BCUT2D eigenvalue weighted by atomic mass is 16.5. The van der Waals surface area contributed by atoms with Crippen molar-refractivity contribution in [3.8, 4) is 11.5 Å². The number of hydrogen-bond acceptors (Lipinski definition) is 5. The molecule has 116 valence electrons. The van der Waals surface area contributed by atoms with Crippen molar-refractivity contribution in [1.82, 2.24) is 4.98 Å². The van der Waals surface area contributed by atoms with E-state index < -0.39 is 5.76 Å². The van der Waals surface area contributed by atoms with Crippen molar-refractivity contribution >= 4 is 23.0 Å². The number of carbonyl (C=O) groups excluding carboxylic acids is 1. The van der Waals surface area contributed by atoms with Crippen LogP contribution in [0.3, 0.4) is 0 Å². The number of phenols is 1. The van der Waals surface area contributed by atoms with Crippen molar-refractivity contribution in [2.24, 2.45) is 0 Å². The Morgan fingerprint density at radius 2 is 2.13 bits per heavy atom. The van der Waals surface area contributed by atoms with Crippen LogP contribution in [0.2, 0.25) is 0 Å². The average Bonchev–Trinajstić information content (AvgIpc) is 2.93. The van der Waals surface area contributed by atoms with Gasteiger partial charge in [0.05, 0.1) is 18.2 Å². The fourth-order valence-electron chi connectivity index (χ4n) is 2.23. The number of hydrogen-bond donors (Lipinski definition) is 2. The first kappa shape index (κ1) is 14.6. The van der Waals surface area contributed by atoms with Gasteiger partial charge in [0.15, 0.2) is 22.9 Å². The van der Waals surface area contributed by atoms with Crippen molar-refractivity contribution in [3.05, 3.63) is 64.2 Å². The summed E-state index contributed by atoms with van der Waals surface area (Å²) in [7, 11) is 1.45. The molecule has 3 aromatic rings. The molecule has 0 aliphatic heterocycles. The predicted octanol–water partition coefficient (Wildman–Crippen LogP) is 2.73. The maximum Gasteiger partial charge on any atom is 0.417 e. The number of methoxy groups -OCH3 is 1. The van der Waals surface area contributed by atoms with Crippen LogP contribution in [0.15, 0.2) is 51.7 Å². The van der Waals surface area contributed by atoms with Crippen molar-refractivity contribution in [2.75, 3.05) is 7.11 Å². The molecule has 0 atom stereocenters. The van der Waals surface area contributed by atoms with E-state index in [1.807, 2.05) is 0 Å². The van der Waals surface area contributed by atoms with Crippen LogP contribution in [-0.2, 0) is 0 Å². The second-order valence-electron chi connectivity index (χ2n) is 4.83. The largest absolute Gasteiger partial charge is 0.504 e. The minimum Gasteiger partial charge on any atom is -0.504 e. The molecule has 6 nitrogen and oxygen atoms in total. The number of para-hydroxylation sites is 1. The van der Waals surface area contributed by atoms with Crippen LogP contribution < -0.4 is 10.5 Å². The lowest BCUT2D eigenvalue weighted by atomic mass is 10.1. The van der Waals surface area contributed by atoms with Crippen LogP contribution in [-0.4, -0.2) is 23.0 Å². The molecule has 2 aromatic carbocycles. The quantitative estimate of drug-likeness (QED) is 0.571. The number of H-pyrrole nitrogens is 1. The van der Waals surface area contributed by atoms with Gasteiger partial charge in [-0.15, -0.1) is 0 Å². The monoisotopic (exact) mass is 311 g/mol. The number of ether oxygens (including phenoxy) is 1. The predicted molar refractivity (Wildman–Crippen MR) is 84.9 cm³/mol. The van der Waals surface area contributed by atoms with Crippen LogP contribution in [0, 0.1) is 0 Å². The Hall–Kier alpha value is -3.28. The van der Waals surface area contributed by atoms with E-state index in [9.17, 15) is 14.7 Å². The van der Waals surface area contributed by atoms with Crippen LogP contribution in [0.1, 0.15) is 15.9 Å². The summed E-state index contributed by atoms with van der Waals surface area (Å²) in [4.78, 5) is 26.1. The summed E-state index contributed by atoms with van der Waals surface area (Å²) >= 11 is 0. The van der Waals surface area contributed by atoms with Gasteiger partial charge in [-0.1, -0.05) is 18.2 Å². The van der Waals surface area contributed by atoms with E-state index in [0.29, 0.717) is 22.4 Å². The van der Waals surface area contributed by atoms with Gasteiger partial charge < -0.3 is 14.3 Å². The number of fused-ring (bicyclic) bond motifs is 1. The van der Waals surface area contributed by atoms with E-state index in [1.54, 1.807) is 36.4 Å². The van der Waals surface area contributed by atoms with Gasteiger partial charge in [0.1, 0.15) is 0 Å². The van der Waals surface area contributed by atoms with Gasteiger partial charge in [0.25, 0.3) is 0 Å². The molecule has 0 saturated carbocycles. The molecule has 23 heavy (non-hydrogen) atoms. The minimum atomic E-state index is -0.604. The van der Waals surface area contributed by atoms with E-state index in [1.165, 1.54) is 19.3 Å². The Morgan fingerprint density at radius 3 is 2.91 bits per heavy atom. The van der Waals surface area contributed by atoms with Crippen LogP contribution in [0.5, 0.6) is 11.5 Å². The number of aromatic hydroxyl groups is 1. The second kappa shape index (κ2) is 5.84. The summed E-state index contributed by atoms with van der Waals surface area (Å²) in [5, 5.41) is 9.55. The van der Waals surface area contributed by atoms with E-state index in [2.05, 4.69) is 4.98 Å². The van der Waals surface area contributed by atoms with Crippen LogP contribution >= 0.6 is 0 Å². The smallest absolute Gasteiger partial charge is 0.417 e. The SMILES string of the molecule is COc1cc(/C=C/C(=O)c2cccc3[nH]c(=O)oc23)ccc1O. The van der Waals surface area contributed by atoms with Gasteiger partial charge in [-0.05, 0) is 35.9 Å². The fourth-order valence-corrected chi connectivity index (χ4v) is 2.23. The molecule has 0 bridgehead atoms. The van der Waals surface area contributed by atoms with Gasteiger partial charge in [0.2, 0.25) is 0 Å². The molecule has 2 N–H and O–H groups in total. The standard InChI is InChI=1S/C17H13NO5/c1-22-15-9-10(6-8-14(15)20)5-7-13(19)11-3-2-4-12-16(11)23-17(21)18-12/h2-9,20H,1H3,(H,18,21)/b7-5+. The highest BCUT2D eigenvalue weighted by Crippen LogP contribution is 2.27. The van der Waals surface area contributed by atoms with Gasteiger partial charge in [-0.25, -0.2) is 4.79 Å². The van der Waals surface area contributed by atoms with Crippen LogP contribution in [0.25, 0.3) is 17.2 Å². The summed E-state index contributed by atoms with van der Waals surface area (Å²) in [5.41, 5.74) is 1.69. The molecule has 0 radical (unpaired) electrons. The second-order valence-corrected chi connectivity index (χ2v) is 4.83. The number of allylic oxidation sites excluding steroid dienone is 1. The number of ketones is 1. The van der Waals surface area contributed by atoms with Crippen molar-refractivity contribution < 1.29 is 19.1 Å². The van der Waals surface area contributed by atoms with Gasteiger partial charge >= 0.3 is 5.76 Å². The van der Waals surface area contributed by atoms with E-state index >= 15 is 0 Å². The number of aromatic nitrogens is 1. The summed E-state index contributed by atoms with van der Waals surface area (Å²) < 4.78 is 10.0. The molecule has 0 spiro atoms. The fraction of sp³-hybridized carbons (Fsp3) is 0.0588. The van der Waals surface area contributed by atoms with Crippen molar-refractivity contribution in [2.45, 2.75) is 0 Å². The number of benzene rings is 2. The maximum absolute atomic E-state index is 12.3. The van der Waals surface area contributed by atoms with Gasteiger partial charge in [0, 0.05) is 0 Å². The van der Waals surface area contributed by atoms with Crippen LogP contribution in [0.4, 0.5) is 0 Å². The number of nitrogens with one attached hydrogen (secondary N) is 1. The Labute approximate surface area is 130 Å². The number of aromatic amines is 1. The van der Waals surface area contributed by atoms with E-state index in [-0.39, 0.29) is 17.1 Å². The Kier molecular flexibility index (Phi) is 3.72. The third-order valence-corrected chi connectivity index (χ3v) is 3.34. The lowest BCUT2D eigenvalue weighted by molar-refractivity contribution is 0.104. The summed E-state index contributed by atoms with van der Waals surface area (Å²) in [5.74, 6) is -0.564. The molecule has 6 heteroatoms. The maximum atomic E-state index is 12.3. The summed E-state index contributed by atoms with van der Waals surface area (Å²) in [6.45, 7) is 0. The number of phenolic OH excluding ortho intramolecular Hbond substituents is 1.